The first kappa shape index (κ1) is 72.6. The van der Waals surface area contributed by atoms with E-state index < -0.39 is 6.10 Å². The van der Waals surface area contributed by atoms with Gasteiger partial charge in [0.15, 0.2) is 6.10 Å². The number of allylic oxidation sites excluding steroid dienone is 14. The normalized spacial score (nSPS) is 12.6. The molecule has 1 unspecified atom stereocenters. The lowest BCUT2D eigenvalue weighted by atomic mass is 10.0. The summed E-state index contributed by atoms with van der Waals surface area (Å²) in [7, 11) is 0. The molecule has 6 heteroatoms. The molecule has 0 N–H and O–H groups in total. The number of carbonyl (C=O) groups is 3. The monoisotopic (exact) mass is 1060 g/mol. The zero-order chi connectivity index (χ0) is 55.0. The van der Waals surface area contributed by atoms with Crippen molar-refractivity contribution in [1.29, 1.82) is 0 Å². The van der Waals surface area contributed by atoms with Crippen LogP contribution in [0.3, 0.4) is 0 Å². The predicted molar refractivity (Wildman–Crippen MR) is 330 cm³/mol. The van der Waals surface area contributed by atoms with Gasteiger partial charge in [-0.1, -0.05) is 298 Å². The molecular formula is C70H122O6. The highest BCUT2D eigenvalue weighted by molar-refractivity contribution is 5.71. The standard InChI is InChI=1S/C70H122O6/c1-4-7-10-13-16-19-22-25-28-30-31-32-33-34-35-36-37-38-40-42-45-48-51-54-57-60-63-69(72)75-66-67(65-74-68(71)62-59-56-53-50-47-44-41-27-24-21-18-15-12-9-6-3)76-70(73)64-61-58-55-52-49-46-43-39-29-26-23-20-17-14-11-8-5-2/h8,11,17-18,20-21,26-27,29,41,43,46,52,55,67H,4-7,9-10,12-16,19,22-25,28,30-40,42,44-45,47-51,53-54,56-66H2,1-3H3/b11-8-,20-17-,21-18-,29-26-,41-27-,46-43-,55-52-. The maximum atomic E-state index is 12.9. The lowest BCUT2D eigenvalue weighted by Gasteiger charge is -2.18. The van der Waals surface area contributed by atoms with Gasteiger partial charge in [-0.3, -0.25) is 14.4 Å². The van der Waals surface area contributed by atoms with Gasteiger partial charge in [0.25, 0.3) is 0 Å². The van der Waals surface area contributed by atoms with Crippen molar-refractivity contribution in [3.8, 4) is 0 Å². The Morgan fingerprint density at radius 3 is 0.868 bits per heavy atom. The minimum Gasteiger partial charge on any atom is -0.462 e. The second-order valence-electron chi connectivity index (χ2n) is 21.6. The fourth-order valence-corrected chi connectivity index (χ4v) is 9.28. The molecule has 76 heavy (non-hydrogen) atoms. The number of carbonyl (C=O) groups excluding carboxylic acids is 3. The van der Waals surface area contributed by atoms with Crippen molar-refractivity contribution in [3.63, 3.8) is 0 Å². The predicted octanol–water partition coefficient (Wildman–Crippen LogP) is 22.3. The van der Waals surface area contributed by atoms with Crippen LogP contribution in [0.15, 0.2) is 85.1 Å². The van der Waals surface area contributed by atoms with Gasteiger partial charge in [-0.25, -0.2) is 0 Å². The number of hydrogen-bond acceptors (Lipinski definition) is 6. The molecule has 0 spiro atoms. The Kier molecular flexibility index (Phi) is 61.2. The quantitative estimate of drug-likeness (QED) is 0.0261. The van der Waals surface area contributed by atoms with Gasteiger partial charge in [0.05, 0.1) is 0 Å². The minimum absolute atomic E-state index is 0.101. The number of hydrogen-bond donors (Lipinski definition) is 0. The van der Waals surface area contributed by atoms with Crippen LogP contribution in [0, 0.1) is 0 Å². The Labute approximate surface area is 471 Å². The van der Waals surface area contributed by atoms with Crippen LogP contribution in [-0.2, 0) is 28.6 Å². The molecule has 0 saturated heterocycles. The summed E-state index contributed by atoms with van der Waals surface area (Å²) in [6, 6.07) is 0. The molecule has 0 heterocycles. The van der Waals surface area contributed by atoms with E-state index in [1.807, 2.05) is 0 Å². The average Bonchev–Trinajstić information content (AvgIpc) is 3.42. The molecule has 0 aromatic rings. The molecule has 0 aromatic carbocycles. The van der Waals surface area contributed by atoms with Gasteiger partial charge in [-0.2, -0.15) is 0 Å². The van der Waals surface area contributed by atoms with Crippen LogP contribution >= 0.6 is 0 Å². The van der Waals surface area contributed by atoms with Gasteiger partial charge in [0, 0.05) is 19.3 Å². The van der Waals surface area contributed by atoms with Crippen molar-refractivity contribution in [2.24, 2.45) is 0 Å². The van der Waals surface area contributed by atoms with Crippen molar-refractivity contribution in [3.05, 3.63) is 85.1 Å². The van der Waals surface area contributed by atoms with Gasteiger partial charge in [0.1, 0.15) is 13.2 Å². The largest absolute Gasteiger partial charge is 0.462 e. The zero-order valence-corrected chi connectivity index (χ0v) is 50.3. The lowest BCUT2D eigenvalue weighted by molar-refractivity contribution is -0.167. The van der Waals surface area contributed by atoms with Crippen molar-refractivity contribution in [1.82, 2.24) is 0 Å². The van der Waals surface area contributed by atoms with Crippen LogP contribution in [0.4, 0.5) is 0 Å². The van der Waals surface area contributed by atoms with Crippen molar-refractivity contribution >= 4 is 17.9 Å². The average molecular weight is 1060 g/mol. The van der Waals surface area contributed by atoms with Crippen LogP contribution in [0.5, 0.6) is 0 Å². The smallest absolute Gasteiger partial charge is 0.306 e. The summed E-state index contributed by atoms with van der Waals surface area (Å²) in [5, 5.41) is 0. The van der Waals surface area contributed by atoms with Crippen LogP contribution in [0.25, 0.3) is 0 Å². The highest BCUT2D eigenvalue weighted by Gasteiger charge is 2.19. The summed E-state index contributed by atoms with van der Waals surface area (Å²) < 4.78 is 16.9. The maximum Gasteiger partial charge on any atom is 0.306 e. The van der Waals surface area contributed by atoms with Crippen LogP contribution < -0.4 is 0 Å². The van der Waals surface area contributed by atoms with Gasteiger partial charge in [-0.15, -0.1) is 0 Å². The first-order chi connectivity index (χ1) is 37.5. The summed E-state index contributed by atoms with van der Waals surface area (Å²) in [5.74, 6) is -0.962. The molecule has 0 saturated carbocycles. The molecule has 0 radical (unpaired) electrons. The third kappa shape index (κ3) is 61.4. The molecule has 0 fully saturated rings. The van der Waals surface area contributed by atoms with E-state index in [0.717, 1.165) is 103 Å². The van der Waals surface area contributed by atoms with Gasteiger partial charge in [0.2, 0.25) is 0 Å². The van der Waals surface area contributed by atoms with Gasteiger partial charge in [-0.05, 0) is 89.9 Å². The Bertz CT molecular complexity index is 1450. The Balaban J connectivity index is 4.33. The third-order valence-electron chi connectivity index (χ3n) is 14.1. The number of rotatable bonds is 59. The molecule has 0 amide bonds. The number of esters is 3. The number of ether oxygens (including phenoxy) is 3. The second-order valence-corrected chi connectivity index (χ2v) is 21.6. The molecule has 1 atom stereocenters. The van der Waals surface area contributed by atoms with Crippen molar-refractivity contribution < 1.29 is 28.6 Å². The first-order valence-electron chi connectivity index (χ1n) is 32.6. The van der Waals surface area contributed by atoms with E-state index >= 15 is 0 Å². The van der Waals surface area contributed by atoms with Gasteiger partial charge < -0.3 is 14.2 Å². The summed E-state index contributed by atoms with van der Waals surface area (Å²) >= 11 is 0. The molecule has 6 nitrogen and oxygen atoms in total. The summed E-state index contributed by atoms with van der Waals surface area (Å²) in [6.07, 6.45) is 84.7. The number of unbranched alkanes of at least 4 members (excludes halogenated alkanes) is 34. The molecular weight excluding hydrogens is 937 g/mol. The van der Waals surface area contributed by atoms with Crippen molar-refractivity contribution in [2.75, 3.05) is 13.2 Å². The van der Waals surface area contributed by atoms with Crippen LogP contribution in [-0.4, -0.2) is 37.2 Å². The van der Waals surface area contributed by atoms with Crippen LogP contribution in [0.2, 0.25) is 0 Å². The van der Waals surface area contributed by atoms with E-state index in [2.05, 4.69) is 106 Å². The molecule has 438 valence electrons. The topological polar surface area (TPSA) is 78.9 Å². The molecule has 0 aliphatic carbocycles. The molecule has 0 aliphatic heterocycles. The highest BCUT2D eigenvalue weighted by atomic mass is 16.6. The lowest BCUT2D eigenvalue weighted by Crippen LogP contribution is -2.30. The van der Waals surface area contributed by atoms with E-state index in [-0.39, 0.29) is 37.5 Å². The Hall–Kier alpha value is -3.41. The minimum atomic E-state index is -0.812. The summed E-state index contributed by atoms with van der Waals surface area (Å²) in [5.41, 5.74) is 0. The third-order valence-corrected chi connectivity index (χ3v) is 14.1. The Morgan fingerprint density at radius 1 is 0.276 bits per heavy atom. The zero-order valence-electron chi connectivity index (χ0n) is 50.3. The molecule has 0 aromatic heterocycles. The highest BCUT2D eigenvalue weighted by Crippen LogP contribution is 2.17. The molecule has 0 aliphatic rings. The van der Waals surface area contributed by atoms with E-state index in [0.29, 0.717) is 19.3 Å². The second kappa shape index (κ2) is 64.1. The van der Waals surface area contributed by atoms with Crippen LogP contribution in [0.1, 0.15) is 323 Å². The van der Waals surface area contributed by atoms with E-state index in [1.54, 1.807) is 0 Å². The Morgan fingerprint density at radius 2 is 0.526 bits per heavy atom. The maximum absolute atomic E-state index is 12.9. The fourth-order valence-electron chi connectivity index (χ4n) is 9.28. The molecule has 0 bridgehead atoms. The van der Waals surface area contributed by atoms with E-state index in [9.17, 15) is 14.4 Å². The SMILES string of the molecule is CC/C=C\C/C=C\C/C=C\C/C=C\C/C=C\CCCC(=O)OC(COC(=O)CCCCCCC/C=C\C/C=C\CCCCC)COC(=O)CCCCCCCCCCCCCCCCCCCCCCCCCCCC. The van der Waals surface area contributed by atoms with Crippen molar-refractivity contribution in [2.45, 2.75) is 329 Å². The molecule has 0 rings (SSSR count). The first-order valence-corrected chi connectivity index (χ1v) is 32.6. The fraction of sp³-hybridized carbons (Fsp3) is 0.757. The summed E-state index contributed by atoms with van der Waals surface area (Å²) in [4.78, 5) is 38.3. The van der Waals surface area contributed by atoms with E-state index in [4.69, 9.17) is 14.2 Å². The van der Waals surface area contributed by atoms with E-state index in [1.165, 1.54) is 173 Å². The van der Waals surface area contributed by atoms with Gasteiger partial charge >= 0.3 is 17.9 Å². The summed E-state index contributed by atoms with van der Waals surface area (Å²) in [6.45, 7) is 6.48.